The Morgan fingerprint density at radius 2 is 2.33 bits per heavy atom. The van der Waals surface area contributed by atoms with Gasteiger partial charge in [-0.15, -0.1) is 0 Å². The molecule has 0 radical (unpaired) electrons. The first-order valence-electron chi connectivity index (χ1n) is 4.37. The summed E-state index contributed by atoms with van der Waals surface area (Å²) in [5.41, 5.74) is 1.31. The molecule has 1 aromatic rings. The Balaban J connectivity index is 3.02. The molecule has 0 fully saturated rings. The van der Waals surface area contributed by atoms with E-state index in [0.717, 1.165) is 5.57 Å². The lowest BCUT2D eigenvalue weighted by atomic mass is 10.1. The maximum atomic E-state index is 11.2. The number of allylic oxidation sites excluding steroid dienone is 4. The zero-order chi connectivity index (χ0) is 11.3. The molecule has 15 heavy (non-hydrogen) atoms. The van der Waals surface area contributed by atoms with E-state index in [1.165, 1.54) is 7.05 Å². The minimum absolute atomic E-state index is 0.171. The Morgan fingerprint density at radius 1 is 1.60 bits per heavy atom. The average Bonchev–Trinajstić information content (AvgIpc) is 2.73. The van der Waals surface area contributed by atoms with E-state index in [1.54, 1.807) is 24.3 Å². The van der Waals surface area contributed by atoms with Crippen molar-refractivity contribution in [1.29, 1.82) is 0 Å². The van der Waals surface area contributed by atoms with E-state index in [0.29, 0.717) is 5.69 Å². The molecule has 0 aliphatic heterocycles. The summed E-state index contributed by atoms with van der Waals surface area (Å²) >= 11 is 0. The van der Waals surface area contributed by atoms with Crippen molar-refractivity contribution in [1.82, 2.24) is 10.5 Å². The van der Waals surface area contributed by atoms with E-state index >= 15 is 0 Å². The minimum Gasteiger partial charge on any atom is -0.352 e. The zero-order valence-electron chi connectivity index (χ0n) is 8.49. The Kier molecular flexibility index (Phi) is 3.62. The van der Waals surface area contributed by atoms with E-state index in [-0.39, 0.29) is 11.7 Å². The first-order chi connectivity index (χ1) is 7.22. The van der Waals surface area contributed by atoms with Gasteiger partial charge in [-0.05, 0) is 0 Å². The number of hydrogen-bond acceptors (Lipinski definition) is 3. The van der Waals surface area contributed by atoms with Crippen LogP contribution in [-0.4, -0.2) is 18.1 Å². The smallest absolute Gasteiger partial charge is 0.289 e. The van der Waals surface area contributed by atoms with Crippen LogP contribution in [0.15, 0.2) is 42.0 Å². The molecule has 0 bridgehead atoms. The van der Waals surface area contributed by atoms with Gasteiger partial charge >= 0.3 is 0 Å². The van der Waals surface area contributed by atoms with Gasteiger partial charge in [-0.25, -0.2) is 0 Å². The van der Waals surface area contributed by atoms with Gasteiger partial charge in [-0.1, -0.05) is 36.5 Å². The Labute approximate surface area is 88.0 Å². The molecule has 4 heteroatoms. The van der Waals surface area contributed by atoms with Crippen molar-refractivity contribution in [2.24, 2.45) is 0 Å². The molecule has 1 rings (SSSR count). The van der Waals surface area contributed by atoms with Gasteiger partial charge in [0.25, 0.3) is 5.91 Å². The molecule has 0 aliphatic carbocycles. The molecule has 1 aromatic heterocycles. The monoisotopic (exact) mass is 204 g/mol. The summed E-state index contributed by atoms with van der Waals surface area (Å²) in [5, 5.41) is 6.20. The van der Waals surface area contributed by atoms with Crippen molar-refractivity contribution in [3.63, 3.8) is 0 Å². The van der Waals surface area contributed by atoms with Gasteiger partial charge in [0, 0.05) is 18.7 Å². The highest BCUT2D eigenvalue weighted by Crippen LogP contribution is 2.15. The van der Waals surface area contributed by atoms with E-state index < -0.39 is 0 Å². The SMILES string of the molecule is C=C/C=C(\C=C)c1cc(C(=O)NC)on1. The average molecular weight is 204 g/mol. The van der Waals surface area contributed by atoms with Crippen LogP contribution < -0.4 is 5.32 Å². The first kappa shape index (κ1) is 11.0. The number of carbonyl (C=O) groups is 1. The van der Waals surface area contributed by atoms with Gasteiger partial charge in [0.1, 0.15) is 5.69 Å². The molecule has 78 valence electrons. The maximum absolute atomic E-state index is 11.2. The van der Waals surface area contributed by atoms with E-state index in [2.05, 4.69) is 23.6 Å². The summed E-state index contributed by atoms with van der Waals surface area (Å²) in [6, 6.07) is 1.55. The lowest BCUT2D eigenvalue weighted by molar-refractivity contribution is 0.0926. The highest BCUT2D eigenvalue weighted by atomic mass is 16.5. The van der Waals surface area contributed by atoms with Crippen LogP contribution >= 0.6 is 0 Å². The lowest BCUT2D eigenvalue weighted by Crippen LogP contribution is -2.16. The van der Waals surface area contributed by atoms with Crippen LogP contribution in [-0.2, 0) is 0 Å². The van der Waals surface area contributed by atoms with Crippen LogP contribution in [0.2, 0.25) is 0 Å². The number of nitrogens with one attached hydrogen (secondary N) is 1. The standard InChI is InChI=1S/C11H12N2O2/c1-4-6-8(5-2)9-7-10(15-13-9)11(14)12-3/h4-7H,1-2H2,3H3,(H,12,14)/b8-6+. The van der Waals surface area contributed by atoms with Crippen LogP contribution in [0, 0.1) is 0 Å². The molecule has 0 spiro atoms. The molecule has 0 saturated heterocycles. The second-order valence-electron chi connectivity index (χ2n) is 2.72. The van der Waals surface area contributed by atoms with Crippen LogP contribution in [0.3, 0.4) is 0 Å². The quantitative estimate of drug-likeness (QED) is 0.761. The summed E-state index contributed by atoms with van der Waals surface area (Å²) in [4.78, 5) is 11.2. The highest BCUT2D eigenvalue weighted by molar-refractivity contribution is 5.92. The number of rotatable bonds is 4. The molecule has 0 saturated carbocycles. The number of carbonyl (C=O) groups excluding carboxylic acids is 1. The first-order valence-corrected chi connectivity index (χ1v) is 4.37. The lowest BCUT2D eigenvalue weighted by Gasteiger charge is -1.91. The predicted octanol–water partition coefficient (Wildman–Crippen LogP) is 1.79. The molecule has 1 heterocycles. The number of nitrogens with zero attached hydrogens (tertiary/aromatic N) is 1. The number of aromatic nitrogens is 1. The summed E-state index contributed by atoms with van der Waals surface area (Å²) in [7, 11) is 1.53. The van der Waals surface area contributed by atoms with Crippen LogP contribution in [0.5, 0.6) is 0 Å². The van der Waals surface area contributed by atoms with Crippen LogP contribution in [0.25, 0.3) is 5.57 Å². The van der Waals surface area contributed by atoms with Gasteiger partial charge in [0.2, 0.25) is 5.76 Å². The third kappa shape index (κ3) is 2.43. The third-order valence-corrected chi connectivity index (χ3v) is 1.77. The molecular formula is C11H12N2O2. The fourth-order valence-corrected chi connectivity index (χ4v) is 1.03. The summed E-state index contributed by atoms with van der Waals surface area (Å²) in [6.07, 6.45) is 4.97. The Morgan fingerprint density at radius 3 is 2.87 bits per heavy atom. The van der Waals surface area contributed by atoms with Gasteiger partial charge in [0.05, 0.1) is 0 Å². The van der Waals surface area contributed by atoms with Crippen molar-refractivity contribution in [3.8, 4) is 0 Å². The predicted molar refractivity (Wildman–Crippen MR) is 58.3 cm³/mol. The fourth-order valence-electron chi connectivity index (χ4n) is 1.03. The highest BCUT2D eigenvalue weighted by Gasteiger charge is 2.11. The van der Waals surface area contributed by atoms with Gasteiger partial charge in [-0.3, -0.25) is 4.79 Å². The van der Waals surface area contributed by atoms with Crippen molar-refractivity contribution < 1.29 is 9.32 Å². The van der Waals surface area contributed by atoms with E-state index in [9.17, 15) is 4.79 Å². The Hall–Kier alpha value is -2.10. The van der Waals surface area contributed by atoms with E-state index in [1.807, 2.05) is 0 Å². The molecule has 0 aromatic carbocycles. The molecule has 0 unspecified atom stereocenters. The molecule has 1 N–H and O–H groups in total. The van der Waals surface area contributed by atoms with E-state index in [4.69, 9.17) is 4.52 Å². The molecular weight excluding hydrogens is 192 g/mol. The van der Waals surface area contributed by atoms with Gasteiger partial charge in [0.15, 0.2) is 0 Å². The fraction of sp³-hybridized carbons (Fsp3) is 0.0909. The molecule has 0 aliphatic rings. The third-order valence-electron chi connectivity index (χ3n) is 1.77. The van der Waals surface area contributed by atoms with Gasteiger partial charge < -0.3 is 9.84 Å². The van der Waals surface area contributed by atoms with Crippen LogP contribution in [0.4, 0.5) is 0 Å². The maximum Gasteiger partial charge on any atom is 0.289 e. The van der Waals surface area contributed by atoms with Crippen molar-refractivity contribution >= 4 is 11.5 Å². The minimum atomic E-state index is -0.309. The Bertz CT molecular complexity index is 416. The number of amides is 1. The largest absolute Gasteiger partial charge is 0.352 e. The van der Waals surface area contributed by atoms with Gasteiger partial charge in [-0.2, -0.15) is 0 Å². The van der Waals surface area contributed by atoms with Crippen LogP contribution in [0.1, 0.15) is 16.2 Å². The molecule has 4 nitrogen and oxygen atoms in total. The van der Waals surface area contributed by atoms with Crippen molar-refractivity contribution in [3.05, 3.63) is 48.9 Å². The second kappa shape index (κ2) is 4.95. The van der Waals surface area contributed by atoms with Crippen molar-refractivity contribution in [2.45, 2.75) is 0 Å². The van der Waals surface area contributed by atoms with Crippen molar-refractivity contribution in [2.75, 3.05) is 7.05 Å². The summed E-state index contributed by atoms with van der Waals surface area (Å²) in [6.45, 7) is 7.20. The topological polar surface area (TPSA) is 55.1 Å². The number of hydrogen-bond donors (Lipinski definition) is 1. The normalized spacial score (nSPS) is 10.9. The molecule has 0 atom stereocenters. The zero-order valence-corrected chi connectivity index (χ0v) is 8.49. The second-order valence-corrected chi connectivity index (χ2v) is 2.72. The summed E-state index contributed by atoms with van der Waals surface area (Å²) in [5.74, 6) is -0.139. The molecule has 1 amide bonds. The summed E-state index contributed by atoms with van der Waals surface area (Å²) < 4.78 is 4.86.